The van der Waals surface area contributed by atoms with Crippen molar-refractivity contribution < 1.29 is 29.0 Å². The molecule has 5 rings (SSSR count). The summed E-state index contributed by atoms with van der Waals surface area (Å²) < 4.78 is 11.1. The van der Waals surface area contributed by atoms with Gasteiger partial charge in [0.2, 0.25) is 0 Å². The predicted molar refractivity (Wildman–Crippen MR) is 123 cm³/mol. The SMILES string of the molecule is CC(C(=O)O)C1CN(C(=O)C2(NC(=O)OCC3c4ccccc4-c4ccccc43)CCOC2)C1. The minimum Gasteiger partial charge on any atom is -0.481 e. The van der Waals surface area contributed by atoms with Crippen molar-refractivity contribution in [2.24, 2.45) is 11.8 Å². The number of fused-ring (bicyclic) bond motifs is 3. The third-order valence-corrected chi connectivity index (χ3v) is 7.41. The first-order valence-electron chi connectivity index (χ1n) is 11.6. The first kappa shape index (κ1) is 22.4. The van der Waals surface area contributed by atoms with Gasteiger partial charge in [-0.25, -0.2) is 4.79 Å². The van der Waals surface area contributed by atoms with E-state index in [9.17, 15) is 19.5 Å². The topological polar surface area (TPSA) is 105 Å². The molecular formula is C26H28N2O6. The van der Waals surface area contributed by atoms with Gasteiger partial charge in [0.15, 0.2) is 0 Å². The van der Waals surface area contributed by atoms with Crippen LogP contribution in [0.1, 0.15) is 30.4 Å². The molecule has 8 heteroatoms. The number of hydrogen-bond donors (Lipinski definition) is 2. The number of carbonyl (C=O) groups is 3. The summed E-state index contributed by atoms with van der Waals surface area (Å²) in [7, 11) is 0. The highest BCUT2D eigenvalue weighted by atomic mass is 16.6. The standard InChI is InChI=1S/C26H28N2O6/c1-16(23(29)30)17-12-28(13-17)24(31)26(10-11-33-15-26)27-25(32)34-14-22-20-8-4-2-6-18(20)19-7-3-5-9-21(19)22/h2-9,16-17,22H,10-15H2,1H3,(H,27,32)(H,29,30). The molecule has 2 atom stereocenters. The van der Waals surface area contributed by atoms with E-state index in [4.69, 9.17) is 9.47 Å². The molecule has 2 saturated heterocycles. The second kappa shape index (κ2) is 8.76. The van der Waals surface area contributed by atoms with Crippen molar-refractivity contribution in [1.82, 2.24) is 10.2 Å². The molecule has 2 N–H and O–H groups in total. The Morgan fingerprint density at radius 1 is 1.12 bits per heavy atom. The summed E-state index contributed by atoms with van der Waals surface area (Å²) in [6, 6.07) is 16.2. The molecule has 1 aliphatic carbocycles. The lowest BCUT2D eigenvalue weighted by atomic mass is 9.84. The largest absolute Gasteiger partial charge is 0.481 e. The van der Waals surface area contributed by atoms with Crippen molar-refractivity contribution in [3.63, 3.8) is 0 Å². The fraction of sp³-hybridized carbons (Fsp3) is 0.423. The molecule has 0 radical (unpaired) electrons. The second-order valence-corrected chi connectivity index (χ2v) is 9.43. The number of carboxylic acid groups (broad SMARTS) is 1. The normalized spacial score (nSPS) is 22.4. The molecule has 178 valence electrons. The molecule has 0 aromatic heterocycles. The number of ether oxygens (including phenoxy) is 2. The maximum Gasteiger partial charge on any atom is 0.408 e. The van der Waals surface area contributed by atoms with Crippen LogP contribution >= 0.6 is 0 Å². The van der Waals surface area contributed by atoms with E-state index in [-0.39, 0.29) is 31.0 Å². The van der Waals surface area contributed by atoms with E-state index >= 15 is 0 Å². The highest BCUT2D eigenvalue weighted by Crippen LogP contribution is 2.44. The van der Waals surface area contributed by atoms with E-state index in [1.165, 1.54) is 0 Å². The molecule has 2 aliphatic heterocycles. The first-order chi connectivity index (χ1) is 16.4. The minimum atomic E-state index is -1.18. The van der Waals surface area contributed by atoms with Gasteiger partial charge < -0.3 is 24.8 Å². The first-order valence-corrected chi connectivity index (χ1v) is 11.6. The van der Waals surface area contributed by atoms with Crippen LogP contribution in [0.25, 0.3) is 11.1 Å². The number of hydrogen-bond acceptors (Lipinski definition) is 5. The molecule has 0 saturated carbocycles. The van der Waals surface area contributed by atoms with Crippen molar-refractivity contribution in [2.45, 2.75) is 24.8 Å². The number of rotatable bonds is 6. The molecule has 2 heterocycles. The van der Waals surface area contributed by atoms with Crippen LogP contribution in [0.3, 0.4) is 0 Å². The van der Waals surface area contributed by atoms with Crippen LogP contribution in [0.5, 0.6) is 0 Å². The van der Waals surface area contributed by atoms with Gasteiger partial charge in [-0.15, -0.1) is 0 Å². The fourth-order valence-corrected chi connectivity index (χ4v) is 5.21. The molecule has 2 aromatic carbocycles. The zero-order valence-corrected chi connectivity index (χ0v) is 19.0. The van der Waals surface area contributed by atoms with Gasteiger partial charge in [-0.2, -0.15) is 0 Å². The Morgan fingerprint density at radius 2 is 1.74 bits per heavy atom. The van der Waals surface area contributed by atoms with Crippen LogP contribution in [-0.4, -0.2) is 66.4 Å². The Hall–Kier alpha value is -3.39. The molecule has 3 aliphatic rings. The molecular weight excluding hydrogens is 436 g/mol. The maximum atomic E-state index is 13.2. The molecule has 2 aromatic rings. The summed E-state index contributed by atoms with van der Waals surface area (Å²) in [5.74, 6) is -1.79. The predicted octanol–water partition coefficient (Wildman–Crippen LogP) is 2.86. The summed E-state index contributed by atoms with van der Waals surface area (Å²) in [5, 5.41) is 12.0. The summed E-state index contributed by atoms with van der Waals surface area (Å²) in [6.07, 6.45) is -0.303. The van der Waals surface area contributed by atoms with Crippen LogP contribution in [0.4, 0.5) is 4.79 Å². The van der Waals surface area contributed by atoms with Gasteiger partial charge in [0.05, 0.1) is 12.5 Å². The number of benzene rings is 2. The zero-order chi connectivity index (χ0) is 23.9. The highest BCUT2D eigenvalue weighted by Gasteiger charge is 2.50. The Labute approximate surface area is 197 Å². The van der Waals surface area contributed by atoms with Crippen LogP contribution in [0.15, 0.2) is 48.5 Å². The van der Waals surface area contributed by atoms with Crippen LogP contribution in [-0.2, 0) is 19.1 Å². The van der Waals surface area contributed by atoms with E-state index in [1.807, 2.05) is 24.3 Å². The number of carboxylic acids is 1. The molecule has 2 fully saturated rings. The van der Waals surface area contributed by atoms with Crippen LogP contribution in [0.2, 0.25) is 0 Å². The minimum absolute atomic E-state index is 0.0710. The molecule has 8 nitrogen and oxygen atoms in total. The number of aliphatic carboxylic acids is 1. The van der Waals surface area contributed by atoms with E-state index in [0.29, 0.717) is 26.1 Å². The van der Waals surface area contributed by atoms with E-state index in [2.05, 4.69) is 29.6 Å². The number of alkyl carbamates (subject to hydrolysis) is 1. The summed E-state index contributed by atoms with van der Waals surface area (Å²) >= 11 is 0. The fourth-order valence-electron chi connectivity index (χ4n) is 5.21. The van der Waals surface area contributed by atoms with Crippen LogP contribution in [0, 0.1) is 11.8 Å². The lowest BCUT2D eigenvalue weighted by Crippen LogP contribution is -2.65. The number of carbonyl (C=O) groups excluding carboxylic acids is 2. The third-order valence-electron chi connectivity index (χ3n) is 7.41. The van der Waals surface area contributed by atoms with Gasteiger partial charge in [0, 0.05) is 38.0 Å². The summed E-state index contributed by atoms with van der Waals surface area (Å²) in [6.45, 7) is 2.97. The van der Waals surface area contributed by atoms with Crippen molar-refractivity contribution >= 4 is 18.0 Å². The molecule has 34 heavy (non-hydrogen) atoms. The number of nitrogens with zero attached hydrogens (tertiary/aromatic N) is 1. The van der Waals surface area contributed by atoms with E-state index in [0.717, 1.165) is 22.3 Å². The molecule has 2 unspecified atom stereocenters. The van der Waals surface area contributed by atoms with Gasteiger partial charge in [-0.3, -0.25) is 9.59 Å². The van der Waals surface area contributed by atoms with Gasteiger partial charge in [0.25, 0.3) is 5.91 Å². The molecule has 0 spiro atoms. The van der Waals surface area contributed by atoms with Crippen molar-refractivity contribution in [3.05, 3.63) is 59.7 Å². The van der Waals surface area contributed by atoms with Crippen molar-refractivity contribution in [3.8, 4) is 11.1 Å². The van der Waals surface area contributed by atoms with Gasteiger partial charge in [-0.05, 0) is 22.3 Å². The zero-order valence-electron chi connectivity index (χ0n) is 19.0. The average molecular weight is 465 g/mol. The van der Waals surface area contributed by atoms with E-state index in [1.54, 1.807) is 11.8 Å². The number of nitrogens with one attached hydrogen (secondary N) is 1. The van der Waals surface area contributed by atoms with Crippen LogP contribution < -0.4 is 5.32 Å². The molecule has 2 amide bonds. The number of likely N-dealkylation sites (tertiary alicyclic amines) is 1. The van der Waals surface area contributed by atoms with E-state index < -0.39 is 23.5 Å². The lowest BCUT2D eigenvalue weighted by molar-refractivity contribution is -0.153. The van der Waals surface area contributed by atoms with Crippen molar-refractivity contribution in [2.75, 3.05) is 32.9 Å². The Morgan fingerprint density at radius 3 is 2.29 bits per heavy atom. The Bertz CT molecular complexity index is 1070. The highest BCUT2D eigenvalue weighted by molar-refractivity contribution is 5.91. The quantitative estimate of drug-likeness (QED) is 0.681. The van der Waals surface area contributed by atoms with Gasteiger partial charge in [-0.1, -0.05) is 55.5 Å². The van der Waals surface area contributed by atoms with Gasteiger partial charge >= 0.3 is 12.1 Å². The summed E-state index contributed by atoms with van der Waals surface area (Å²) in [4.78, 5) is 38.9. The second-order valence-electron chi connectivity index (χ2n) is 9.43. The smallest absolute Gasteiger partial charge is 0.408 e. The van der Waals surface area contributed by atoms with Gasteiger partial charge in [0.1, 0.15) is 12.1 Å². The number of amides is 2. The average Bonchev–Trinajstić information content (AvgIpc) is 3.40. The Kier molecular flexibility index (Phi) is 5.77. The monoisotopic (exact) mass is 464 g/mol. The van der Waals surface area contributed by atoms with Crippen molar-refractivity contribution in [1.29, 1.82) is 0 Å². The maximum absolute atomic E-state index is 13.2. The third kappa shape index (κ3) is 3.81. The summed E-state index contributed by atoms with van der Waals surface area (Å²) in [5.41, 5.74) is 3.34. The lowest BCUT2D eigenvalue weighted by Gasteiger charge is -2.45. The molecule has 0 bridgehead atoms. The Balaban J connectivity index is 1.24.